The molecule has 0 unspecified atom stereocenters. The number of phenols is 1. The van der Waals surface area contributed by atoms with Gasteiger partial charge in [-0.05, 0) is 37.1 Å². The van der Waals surface area contributed by atoms with Gasteiger partial charge in [-0.3, -0.25) is 0 Å². The number of hydrogen-bond donors (Lipinski definition) is 1. The molecular weight excluding hydrogens is 256 g/mol. The number of carbonyl (C=O) groups is 1. The fraction of sp³-hybridized carbons (Fsp3) is 0.312. The molecule has 4 heteroatoms. The minimum atomic E-state index is -0.373. The van der Waals surface area contributed by atoms with Crippen LogP contribution in [-0.2, 0) is 9.53 Å². The van der Waals surface area contributed by atoms with Crippen LogP contribution in [0.2, 0.25) is 0 Å². The van der Waals surface area contributed by atoms with Crippen LogP contribution >= 0.6 is 0 Å². The van der Waals surface area contributed by atoms with Crippen molar-refractivity contribution < 1.29 is 19.4 Å². The molecule has 0 saturated heterocycles. The molecule has 1 aromatic rings. The highest BCUT2D eigenvalue weighted by Crippen LogP contribution is 2.31. The average molecular weight is 276 g/mol. The van der Waals surface area contributed by atoms with Crippen LogP contribution in [0.5, 0.6) is 11.5 Å². The molecule has 0 atom stereocenters. The lowest BCUT2D eigenvalue weighted by atomic mass is 10.0. The van der Waals surface area contributed by atoms with Crippen molar-refractivity contribution in [3.05, 3.63) is 42.0 Å². The number of methoxy groups -OCH3 is 1. The lowest BCUT2D eigenvalue weighted by Crippen LogP contribution is -1.98. The third kappa shape index (κ3) is 4.46. The van der Waals surface area contributed by atoms with Crippen molar-refractivity contribution in [2.75, 3.05) is 13.7 Å². The van der Waals surface area contributed by atoms with Crippen molar-refractivity contribution in [2.24, 2.45) is 0 Å². The normalized spacial score (nSPS) is 11.7. The van der Waals surface area contributed by atoms with E-state index in [2.05, 4.69) is 0 Å². The molecule has 0 saturated carbocycles. The number of ether oxygens (including phenoxy) is 2. The maximum Gasteiger partial charge on any atom is 0.330 e. The standard InChI is InChI=1S/C16H20O4/c1-4-12(7-6-8-16(18)20-5-2)14-11-13(17)9-10-15(14)19-3/h6-11,17H,4-5H2,1-3H3/b8-6+,12-7-. The number of hydrogen-bond acceptors (Lipinski definition) is 4. The Morgan fingerprint density at radius 1 is 1.35 bits per heavy atom. The molecule has 0 aromatic heterocycles. The molecule has 0 aliphatic heterocycles. The fourth-order valence-corrected chi connectivity index (χ4v) is 1.78. The highest BCUT2D eigenvalue weighted by Gasteiger charge is 2.07. The zero-order valence-electron chi connectivity index (χ0n) is 12.1. The first-order chi connectivity index (χ1) is 9.62. The van der Waals surface area contributed by atoms with Gasteiger partial charge in [0, 0.05) is 11.6 Å². The molecular formula is C16H20O4. The van der Waals surface area contributed by atoms with Gasteiger partial charge in [0.2, 0.25) is 0 Å². The molecule has 108 valence electrons. The number of rotatable bonds is 6. The van der Waals surface area contributed by atoms with Crippen LogP contribution in [0.4, 0.5) is 0 Å². The number of aromatic hydroxyl groups is 1. The van der Waals surface area contributed by atoms with E-state index in [4.69, 9.17) is 9.47 Å². The minimum absolute atomic E-state index is 0.175. The second-order valence-electron chi connectivity index (χ2n) is 4.04. The van der Waals surface area contributed by atoms with Gasteiger partial charge < -0.3 is 14.6 Å². The van der Waals surface area contributed by atoms with E-state index in [1.807, 2.05) is 13.0 Å². The molecule has 1 aromatic carbocycles. The second kappa shape index (κ2) is 8.04. The van der Waals surface area contributed by atoms with E-state index in [0.717, 1.165) is 17.6 Å². The molecule has 0 heterocycles. The van der Waals surface area contributed by atoms with Crippen molar-refractivity contribution in [1.29, 1.82) is 0 Å². The van der Waals surface area contributed by atoms with Crippen LogP contribution in [0, 0.1) is 0 Å². The lowest BCUT2D eigenvalue weighted by Gasteiger charge is -2.10. The van der Waals surface area contributed by atoms with Gasteiger partial charge in [-0.25, -0.2) is 4.79 Å². The van der Waals surface area contributed by atoms with E-state index in [0.29, 0.717) is 12.4 Å². The molecule has 1 rings (SSSR count). The summed E-state index contributed by atoms with van der Waals surface area (Å²) < 4.78 is 10.1. The molecule has 20 heavy (non-hydrogen) atoms. The SMILES string of the molecule is CCOC(=O)/C=C/C=C(/CC)c1cc(O)ccc1OC. The minimum Gasteiger partial charge on any atom is -0.508 e. The van der Waals surface area contributed by atoms with Gasteiger partial charge in [0.25, 0.3) is 0 Å². The van der Waals surface area contributed by atoms with Gasteiger partial charge in [0.1, 0.15) is 11.5 Å². The van der Waals surface area contributed by atoms with E-state index < -0.39 is 0 Å². The van der Waals surface area contributed by atoms with E-state index in [9.17, 15) is 9.90 Å². The predicted octanol–water partition coefficient (Wildman–Crippen LogP) is 3.31. The van der Waals surface area contributed by atoms with Crippen LogP contribution in [0.1, 0.15) is 25.8 Å². The van der Waals surface area contributed by atoms with Gasteiger partial charge in [-0.2, -0.15) is 0 Å². The van der Waals surface area contributed by atoms with Crippen LogP contribution < -0.4 is 4.74 Å². The molecule has 0 bridgehead atoms. The number of phenolic OH excluding ortho intramolecular Hbond substituents is 1. The van der Waals surface area contributed by atoms with Crippen LogP contribution in [0.15, 0.2) is 36.4 Å². The first-order valence-corrected chi connectivity index (χ1v) is 6.53. The van der Waals surface area contributed by atoms with Crippen LogP contribution in [0.3, 0.4) is 0 Å². The quantitative estimate of drug-likeness (QED) is 0.492. The Morgan fingerprint density at radius 3 is 2.70 bits per heavy atom. The first kappa shape index (κ1) is 15.8. The first-order valence-electron chi connectivity index (χ1n) is 6.53. The number of allylic oxidation sites excluding steroid dienone is 3. The van der Waals surface area contributed by atoms with Crippen molar-refractivity contribution in [3.8, 4) is 11.5 Å². The second-order valence-corrected chi connectivity index (χ2v) is 4.04. The largest absolute Gasteiger partial charge is 0.508 e. The fourth-order valence-electron chi connectivity index (χ4n) is 1.78. The summed E-state index contributed by atoms with van der Waals surface area (Å²) in [5.74, 6) is 0.483. The predicted molar refractivity (Wildman–Crippen MR) is 78.7 cm³/mol. The lowest BCUT2D eigenvalue weighted by molar-refractivity contribution is -0.137. The molecule has 0 aliphatic rings. The van der Waals surface area contributed by atoms with Crippen LogP contribution in [0.25, 0.3) is 5.57 Å². The van der Waals surface area contributed by atoms with Crippen molar-refractivity contribution in [3.63, 3.8) is 0 Å². The summed E-state index contributed by atoms with van der Waals surface area (Å²) in [4.78, 5) is 11.2. The van der Waals surface area contributed by atoms with Gasteiger partial charge in [-0.15, -0.1) is 0 Å². The number of carbonyl (C=O) groups excluding carboxylic acids is 1. The molecule has 0 amide bonds. The monoisotopic (exact) mass is 276 g/mol. The summed E-state index contributed by atoms with van der Waals surface area (Å²) in [5.41, 5.74) is 1.77. The molecule has 0 fully saturated rings. The van der Waals surface area contributed by atoms with E-state index in [-0.39, 0.29) is 11.7 Å². The summed E-state index contributed by atoms with van der Waals surface area (Å²) in [6, 6.07) is 4.93. The van der Waals surface area contributed by atoms with Crippen molar-refractivity contribution in [2.45, 2.75) is 20.3 Å². The van der Waals surface area contributed by atoms with E-state index in [1.54, 1.807) is 38.3 Å². The molecule has 4 nitrogen and oxygen atoms in total. The maximum absolute atomic E-state index is 11.2. The van der Waals surface area contributed by atoms with Crippen molar-refractivity contribution >= 4 is 11.5 Å². The van der Waals surface area contributed by atoms with Gasteiger partial charge in [-0.1, -0.05) is 19.1 Å². The van der Waals surface area contributed by atoms with Gasteiger partial charge in [0.05, 0.1) is 13.7 Å². The summed E-state index contributed by atoms with van der Waals surface area (Å²) in [6.07, 6.45) is 5.57. The Labute approximate surface area is 119 Å². The highest BCUT2D eigenvalue weighted by atomic mass is 16.5. The van der Waals surface area contributed by atoms with Crippen molar-refractivity contribution in [1.82, 2.24) is 0 Å². The third-order valence-corrected chi connectivity index (χ3v) is 2.73. The molecule has 0 spiro atoms. The summed E-state index contributed by atoms with van der Waals surface area (Å²) in [6.45, 7) is 4.11. The highest BCUT2D eigenvalue weighted by molar-refractivity contribution is 5.83. The zero-order chi connectivity index (χ0) is 15.0. The zero-order valence-corrected chi connectivity index (χ0v) is 12.1. The smallest absolute Gasteiger partial charge is 0.330 e. The van der Waals surface area contributed by atoms with E-state index >= 15 is 0 Å². The summed E-state index contributed by atoms with van der Waals surface area (Å²) in [7, 11) is 1.58. The molecule has 0 aliphatic carbocycles. The average Bonchev–Trinajstić information content (AvgIpc) is 2.44. The Balaban J connectivity index is 3.01. The molecule has 0 radical (unpaired) electrons. The Kier molecular flexibility index (Phi) is 6.37. The summed E-state index contributed by atoms with van der Waals surface area (Å²) in [5, 5.41) is 9.59. The topological polar surface area (TPSA) is 55.8 Å². The van der Waals surface area contributed by atoms with Crippen LogP contribution in [-0.4, -0.2) is 24.8 Å². The molecule has 1 N–H and O–H groups in total. The Bertz CT molecular complexity index is 515. The maximum atomic E-state index is 11.2. The van der Waals surface area contributed by atoms with Gasteiger partial charge >= 0.3 is 5.97 Å². The Hall–Kier alpha value is -2.23. The summed E-state index contributed by atoms with van der Waals surface area (Å²) >= 11 is 0. The third-order valence-electron chi connectivity index (χ3n) is 2.73. The number of esters is 1. The van der Waals surface area contributed by atoms with Gasteiger partial charge in [0.15, 0.2) is 0 Å². The Morgan fingerprint density at radius 2 is 2.10 bits per heavy atom. The van der Waals surface area contributed by atoms with E-state index in [1.165, 1.54) is 6.08 Å². The number of benzene rings is 1.